The number of ether oxygens (including phenoxy) is 3. The molecule has 0 radical (unpaired) electrons. The second kappa shape index (κ2) is 10.1. The van der Waals surface area contributed by atoms with Crippen LogP contribution in [0.1, 0.15) is 108 Å². The van der Waals surface area contributed by atoms with Crippen LogP contribution >= 0.6 is 0 Å². The molecular formula is C33H45N3O5. The van der Waals surface area contributed by atoms with Crippen LogP contribution in [-0.2, 0) is 16.1 Å². The maximum atomic E-state index is 13.3. The molecule has 1 aromatic carbocycles. The Hall–Kier alpha value is -2.90. The van der Waals surface area contributed by atoms with Crippen LogP contribution in [0.5, 0.6) is 11.5 Å². The molecule has 1 spiro atoms. The second-order valence-corrected chi connectivity index (χ2v) is 14.1. The third kappa shape index (κ3) is 4.38. The smallest absolute Gasteiger partial charge is 0.312 e. The number of fused-ring (bicyclic) bond motifs is 3. The number of aldehydes is 1. The number of rotatable bonds is 8. The van der Waals surface area contributed by atoms with E-state index in [0.717, 1.165) is 37.7 Å². The molecule has 2 bridgehead atoms. The summed E-state index contributed by atoms with van der Waals surface area (Å²) in [5.41, 5.74) is 1.57. The van der Waals surface area contributed by atoms with Crippen molar-refractivity contribution in [1.82, 2.24) is 15.0 Å². The molecule has 0 saturated heterocycles. The molecule has 6 rings (SSSR count). The molecule has 4 fully saturated rings. The lowest BCUT2D eigenvalue weighted by atomic mass is 9.40. The third-order valence-corrected chi connectivity index (χ3v) is 11.9. The highest BCUT2D eigenvalue weighted by atomic mass is 16.5. The summed E-state index contributed by atoms with van der Waals surface area (Å²) in [5, 5.41) is 9.12. The Morgan fingerprint density at radius 2 is 1.90 bits per heavy atom. The van der Waals surface area contributed by atoms with Crippen LogP contribution < -0.4 is 9.47 Å². The predicted molar refractivity (Wildman–Crippen MR) is 154 cm³/mol. The maximum Gasteiger partial charge on any atom is 0.312 e. The van der Waals surface area contributed by atoms with Crippen molar-refractivity contribution in [2.24, 2.45) is 33.5 Å². The Labute approximate surface area is 243 Å². The molecule has 41 heavy (non-hydrogen) atoms. The largest absolute Gasteiger partial charge is 0.493 e. The zero-order chi connectivity index (χ0) is 29.0. The van der Waals surface area contributed by atoms with Crippen molar-refractivity contribution in [2.75, 3.05) is 13.7 Å². The fraction of sp³-hybridized carbons (Fsp3) is 0.697. The van der Waals surface area contributed by atoms with Crippen LogP contribution in [0, 0.1) is 33.5 Å². The Kier molecular flexibility index (Phi) is 6.97. The number of aromatic nitrogens is 3. The van der Waals surface area contributed by atoms with Crippen LogP contribution in [0.15, 0.2) is 24.4 Å². The van der Waals surface area contributed by atoms with Crippen molar-refractivity contribution in [2.45, 2.75) is 98.1 Å². The molecule has 4 aliphatic rings. The zero-order valence-corrected chi connectivity index (χ0v) is 25.3. The summed E-state index contributed by atoms with van der Waals surface area (Å²) in [6, 6.07) is 5.44. The summed E-state index contributed by atoms with van der Waals surface area (Å²) in [5.74, 6) is 2.12. The van der Waals surface area contributed by atoms with Gasteiger partial charge in [-0.05, 0) is 111 Å². The fourth-order valence-electron chi connectivity index (χ4n) is 10.2. The summed E-state index contributed by atoms with van der Waals surface area (Å²) >= 11 is 0. The van der Waals surface area contributed by atoms with Crippen molar-refractivity contribution >= 4 is 12.3 Å². The lowest BCUT2D eigenvalue weighted by Crippen LogP contribution is -2.58. The monoisotopic (exact) mass is 563 g/mol. The first-order valence-corrected chi connectivity index (χ1v) is 15.4. The predicted octanol–water partition coefficient (Wildman–Crippen LogP) is 6.59. The summed E-state index contributed by atoms with van der Waals surface area (Å²) in [6.45, 7) is 9.82. The lowest BCUT2D eigenvalue weighted by molar-refractivity contribution is -0.187. The van der Waals surface area contributed by atoms with Crippen molar-refractivity contribution in [3.63, 3.8) is 0 Å². The van der Waals surface area contributed by atoms with Gasteiger partial charge in [-0.15, -0.1) is 5.10 Å². The number of esters is 1. The van der Waals surface area contributed by atoms with Crippen LogP contribution in [-0.4, -0.2) is 41.0 Å². The van der Waals surface area contributed by atoms with Crippen LogP contribution in [0.3, 0.4) is 0 Å². The topological polar surface area (TPSA) is 92.5 Å². The van der Waals surface area contributed by atoms with Crippen molar-refractivity contribution < 1.29 is 23.8 Å². The second-order valence-electron chi connectivity index (χ2n) is 14.1. The van der Waals surface area contributed by atoms with E-state index in [1.807, 2.05) is 6.92 Å². The van der Waals surface area contributed by atoms with E-state index in [0.29, 0.717) is 41.5 Å². The van der Waals surface area contributed by atoms with E-state index >= 15 is 0 Å². The quantitative estimate of drug-likeness (QED) is 0.264. The SMILES string of the molecule is CCOC(=O)[C@]1(C)CCC[C@@]2(C)[C@@H]3CC[C@@]4(C)C[C@]3(CC[C@@H]21)C[C@@H]4n1cc(COc2ccc(C=O)cc2OC)nn1. The third-order valence-electron chi connectivity index (χ3n) is 11.9. The minimum absolute atomic E-state index is 0.0199. The number of benzene rings is 1. The van der Waals surface area contributed by atoms with E-state index in [2.05, 4.69) is 42.0 Å². The number of methoxy groups -OCH3 is 1. The van der Waals surface area contributed by atoms with E-state index in [1.165, 1.54) is 32.1 Å². The van der Waals surface area contributed by atoms with Crippen LogP contribution in [0.2, 0.25) is 0 Å². The Bertz CT molecular complexity index is 1330. The van der Waals surface area contributed by atoms with E-state index in [9.17, 15) is 9.59 Å². The highest BCUT2D eigenvalue weighted by Gasteiger charge is 2.68. The minimum atomic E-state index is -0.375. The highest BCUT2D eigenvalue weighted by Crippen LogP contribution is 2.75. The molecule has 8 heteroatoms. The molecule has 4 aliphatic carbocycles. The van der Waals surface area contributed by atoms with Gasteiger partial charge in [-0.2, -0.15) is 0 Å². The van der Waals surface area contributed by atoms with Gasteiger partial charge in [0.25, 0.3) is 0 Å². The number of carbonyl (C=O) groups is 2. The molecule has 1 aromatic heterocycles. The normalized spacial score (nSPS) is 37.5. The summed E-state index contributed by atoms with van der Waals surface area (Å²) in [7, 11) is 1.57. The van der Waals surface area contributed by atoms with Gasteiger partial charge in [-0.3, -0.25) is 9.59 Å². The number of carbonyl (C=O) groups excluding carboxylic acids is 2. The molecule has 8 nitrogen and oxygen atoms in total. The van der Waals surface area contributed by atoms with Crippen LogP contribution in [0.25, 0.3) is 0 Å². The first-order valence-electron chi connectivity index (χ1n) is 15.4. The summed E-state index contributed by atoms with van der Waals surface area (Å²) in [4.78, 5) is 24.4. The highest BCUT2D eigenvalue weighted by molar-refractivity contribution is 5.77. The molecular weight excluding hydrogens is 518 g/mol. The number of hydrogen-bond acceptors (Lipinski definition) is 7. The molecule has 222 valence electrons. The molecule has 7 atom stereocenters. The van der Waals surface area contributed by atoms with Gasteiger partial charge in [0.1, 0.15) is 18.6 Å². The lowest BCUT2D eigenvalue weighted by Gasteiger charge is -2.64. The molecule has 1 heterocycles. The molecule has 2 aromatic rings. The summed E-state index contributed by atoms with van der Waals surface area (Å²) in [6.07, 6.45) is 13.1. The zero-order valence-electron chi connectivity index (χ0n) is 25.3. The van der Waals surface area contributed by atoms with Gasteiger partial charge in [0, 0.05) is 5.56 Å². The average Bonchev–Trinajstić information content (AvgIpc) is 3.50. The van der Waals surface area contributed by atoms with E-state index < -0.39 is 0 Å². The fourth-order valence-corrected chi connectivity index (χ4v) is 10.2. The molecule has 0 unspecified atom stereocenters. The standard InChI is InChI=1S/C33H45N3O5/c1-6-40-29(38)32(4)13-7-12-31(3)26(32)11-15-33-17-28(30(2,21-33)14-10-27(31)33)36-18-23(34-35-36)20-41-24-9-8-22(19-37)16-25(24)39-5/h8-9,16,18-19,26-28H,6-7,10-15,17,20-21H2,1-5H3/t26-,27-,28-,30-,31+,32+,33-/m0/s1. The van der Waals surface area contributed by atoms with Crippen molar-refractivity contribution in [1.29, 1.82) is 0 Å². The molecule has 0 N–H and O–H groups in total. The van der Waals surface area contributed by atoms with E-state index in [4.69, 9.17) is 14.2 Å². The molecule has 0 aliphatic heterocycles. The first kappa shape index (κ1) is 28.2. The Morgan fingerprint density at radius 3 is 2.66 bits per heavy atom. The maximum absolute atomic E-state index is 13.3. The first-order chi connectivity index (χ1) is 19.6. The van der Waals surface area contributed by atoms with Crippen LogP contribution in [0.4, 0.5) is 0 Å². The molecule has 0 amide bonds. The molecule has 4 saturated carbocycles. The average molecular weight is 564 g/mol. The summed E-state index contributed by atoms with van der Waals surface area (Å²) < 4.78 is 19.2. The van der Waals surface area contributed by atoms with Gasteiger partial charge < -0.3 is 14.2 Å². The number of hydrogen-bond donors (Lipinski definition) is 0. The van der Waals surface area contributed by atoms with Gasteiger partial charge in [0.15, 0.2) is 11.5 Å². The van der Waals surface area contributed by atoms with E-state index in [1.54, 1.807) is 25.3 Å². The minimum Gasteiger partial charge on any atom is -0.493 e. The van der Waals surface area contributed by atoms with Gasteiger partial charge in [0.2, 0.25) is 0 Å². The van der Waals surface area contributed by atoms with Gasteiger partial charge >= 0.3 is 5.97 Å². The Balaban J connectivity index is 1.21. The van der Waals surface area contributed by atoms with Crippen molar-refractivity contribution in [3.8, 4) is 11.5 Å². The Morgan fingerprint density at radius 1 is 1.10 bits per heavy atom. The van der Waals surface area contributed by atoms with E-state index in [-0.39, 0.29) is 34.2 Å². The van der Waals surface area contributed by atoms with Gasteiger partial charge in [-0.25, -0.2) is 4.68 Å². The number of nitrogens with zero attached hydrogens (tertiary/aromatic N) is 3. The van der Waals surface area contributed by atoms with Gasteiger partial charge in [0.05, 0.1) is 31.4 Å². The van der Waals surface area contributed by atoms with Crippen molar-refractivity contribution in [3.05, 3.63) is 35.7 Å². The van der Waals surface area contributed by atoms with Gasteiger partial charge in [-0.1, -0.05) is 25.5 Å².